The maximum absolute atomic E-state index is 12.0. The molecule has 1 aliphatic carbocycles. The van der Waals surface area contributed by atoms with E-state index in [1.807, 2.05) is 0 Å². The summed E-state index contributed by atoms with van der Waals surface area (Å²) in [6.07, 6.45) is 0.580. The van der Waals surface area contributed by atoms with Gasteiger partial charge in [-0.15, -0.1) is 0 Å². The highest BCUT2D eigenvalue weighted by Crippen LogP contribution is 2.45. The van der Waals surface area contributed by atoms with Gasteiger partial charge < -0.3 is 10.4 Å². The summed E-state index contributed by atoms with van der Waals surface area (Å²) in [6, 6.07) is 5.71. The Kier molecular flexibility index (Phi) is 4.25. The summed E-state index contributed by atoms with van der Waals surface area (Å²) in [5.41, 5.74) is -1.36. The molecule has 0 heterocycles. The quantitative estimate of drug-likeness (QED) is 0.760. The summed E-state index contributed by atoms with van der Waals surface area (Å²) in [7, 11) is -3.54. The molecule has 2 N–H and O–H groups in total. The van der Waals surface area contributed by atoms with E-state index in [4.69, 9.17) is 16.7 Å². The fourth-order valence-corrected chi connectivity index (χ4v) is 3.17. The number of carboxylic acids is 1. The van der Waals surface area contributed by atoms with Gasteiger partial charge in [0.15, 0.2) is 9.84 Å². The Balaban J connectivity index is 1.92. The van der Waals surface area contributed by atoms with Gasteiger partial charge in [0.2, 0.25) is 5.91 Å². The molecular weight excluding hydrogens is 318 g/mol. The van der Waals surface area contributed by atoms with Crippen molar-refractivity contribution < 1.29 is 23.1 Å². The predicted molar refractivity (Wildman–Crippen MR) is 75.8 cm³/mol. The smallest absolute Gasteiger partial charge is 0.319 e. The van der Waals surface area contributed by atoms with Crippen LogP contribution in [0.25, 0.3) is 0 Å². The predicted octanol–water partition coefficient (Wildman–Crippen LogP) is 1.09. The molecule has 0 spiro atoms. The van der Waals surface area contributed by atoms with Crippen molar-refractivity contribution in [2.75, 3.05) is 12.3 Å². The number of carbonyl (C=O) groups excluding carboxylic acids is 1. The van der Waals surface area contributed by atoms with Gasteiger partial charge >= 0.3 is 5.97 Å². The minimum Gasteiger partial charge on any atom is -0.480 e. The van der Waals surface area contributed by atoms with Gasteiger partial charge in [-0.3, -0.25) is 9.59 Å². The third kappa shape index (κ3) is 3.36. The van der Waals surface area contributed by atoms with Gasteiger partial charge in [-0.2, -0.15) is 0 Å². The van der Waals surface area contributed by atoms with E-state index in [1.54, 1.807) is 0 Å². The third-order valence-electron chi connectivity index (χ3n) is 3.42. The molecule has 0 aliphatic heterocycles. The first kappa shape index (κ1) is 15.8. The zero-order valence-electron chi connectivity index (χ0n) is 11.0. The van der Waals surface area contributed by atoms with E-state index in [9.17, 15) is 18.0 Å². The molecule has 1 fully saturated rings. The molecule has 0 atom stereocenters. The highest BCUT2D eigenvalue weighted by molar-refractivity contribution is 7.91. The lowest BCUT2D eigenvalue weighted by molar-refractivity contribution is -0.148. The van der Waals surface area contributed by atoms with Gasteiger partial charge in [0, 0.05) is 11.6 Å². The lowest BCUT2D eigenvalue weighted by Gasteiger charge is -2.11. The summed E-state index contributed by atoms with van der Waals surface area (Å²) < 4.78 is 24.0. The Morgan fingerprint density at radius 3 is 2.29 bits per heavy atom. The van der Waals surface area contributed by atoms with E-state index in [1.165, 1.54) is 24.3 Å². The topological polar surface area (TPSA) is 101 Å². The number of benzene rings is 1. The maximum Gasteiger partial charge on any atom is 0.319 e. The van der Waals surface area contributed by atoms with Crippen LogP contribution in [0.3, 0.4) is 0 Å². The van der Waals surface area contributed by atoms with E-state index >= 15 is 0 Å². The Morgan fingerprint density at radius 2 is 1.81 bits per heavy atom. The van der Waals surface area contributed by atoms with Crippen LogP contribution >= 0.6 is 11.6 Å². The zero-order valence-corrected chi connectivity index (χ0v) is 12.6. The zero-order chi connectivity index (χ0) is 15.7. The Bertz CT molecular complexity index is 664. The van der Waals surface area contributed by atoms with E-state index in [0.29, 0.717) is 5.02 Å². The molecule has 1 aromatic carbocycles. The van der Waals surface area contributed by atoms with Crippen molar-refractivity contribution in [1.29, 1.82) is 0 Å². The maximum atomic E-state index is 12.0. The van der Waals surface area contributed by atoms with Crippen molar-refractivity contribution in [3.63, 3.8) is 0 Å². The summed E-state index contributed by atoms with van der Waals surface area (Å²) in [5.74, 6) is -2.09. The summed E-state index contributed by atoms with van der Waals surface area (Å²) in [6.45, 7) is -0.126. The van der Waals surface area contributed by atoms with Crippen LogP contribution < -0.4 is 5.32 Å². The Morgan fingerprint density at radius 1 is 1.24 bits per heavy atom. The Labute approximate surface area is 127 Å². The highest BCUT2D eigenvalue weighted by atomic mass is 35.5. The number of carboxylic acid groups (broad SMARTS) is 1. The number of carbonyl (C=O) groups is 2. The second-order valence-corrected chi connectivity index (χ2v) is 7.46. The molecule has 0 saturated heterocycles. The number of hydrogen-bond donors (Lipinski definition) is 2. The molecule has 0 aromatic heterocycles. The fraction of sp³-hybridized carbons (Fsp3) is 0.385. The van der Waals surface area contributed by atoms with Crippen LogP contribution in [0.2, 0.25) is 5.02 Å². The first-order chi connectivity index (χ1) is 9.78. The molecule has 6 nitrogen and oxygen atoms in total. The molecule has 0 unspecified atom stereocenters. The molecule has 1 saturated carbocycles. The number of amides is 1. The molecule has 1 amide bonds. The minimum absolute atomic E-state index is 0.112. The van der Waals surface area contributed by atoms with Crippen LogP contribution in [-0.2, 0) is 19.4 Å². The molecule has 2 rings (SSSR count). The lowest BCUT2D eigenvalue weighted by atomic mass is 10.1. The molecule has 1 aromatic rings. The molecule has 8 heteroatoms. The molecule has 114 valence electrons. The lowest BCUT2D eigenvalue weighted by Crippen LogP contribution is -2.39. The van der Waals surface area contributed by atoms with Gasteiger partial charge in [0.25, 0.3) is 0 Å². The van der Waals surface area contributed by atoms with Gasteiger partial charge in [-0.05, 0) is 37.1 Å². The molecule has 0 radical (unpaired) electrons. The van der Waals surface area contributed by atoms with Crippen molar-refractivity contribution >= 4 is 33.3 Å². The number of halogens is 1. The number of sulfone groups is 1. The van der Waals surface area contributed by atoms with Gasteiger partial charge in [0.1, 0.15) is 5.41 Å². The summed E-state index contributed by atoms with van der Waals surface area (Å²) in [4.78, 5) is 22.8. The van der Waals surface area contributed by atoms with E-state index in [0.717, 1.165) is 0 Å². The monoisotopic (exact) mass is 331 g/mol. The average molecular weight is 332 g/mol. The summed E-state index contributed by atoms with van der Waals surface area (Å²) in [5, 5.41) is 11.8. The van der Waals surface area contributed by atoms with E-state index in [-0.39, 0.29) is 30.0 Å². The number of nitrogens with one attached hydrogen (secondary N) is 1. The number of rotatable bonds is 6. The van der Waals surface area contributed by atoms with Crippen molar-refractivity contribution in [1.82, 2.24) is 5.32 Å². The average Bonchev–Trinajstić information content (AvgIpc) is 3.20. The Hall–Kier alpha value is -1.60. The minimum atomic E-state index is -3.54. The van der Waals surface area contributed by atoms with Gasteiger partial charge in [0.05, 0.1) is 10.6 Å². The van der Waals surface area contributed by atoms with Crippen LogP contribution in [0.5, 0.6) is 0 Å². The van der Waals surface area contributed by atoms with E-state index in [2.05, 4.69) is 5.32 Å². The number of aliphatic carboxylic acids is 1. The van der Waals surface area contributed by atoms with Crippen LogP contribution in [0.4, 0.5) is 0 Å². The van der Waals surface area contributed by atoms with Crippen LogP contribution in [0, 0.1) is 5.41 Å². The van der Waals surface area contributed by atoms with Crippen LogP contribution in [0.1, 0.15) is 12.8 Å². The first-order valence-electron chi connectivity index (χ1n) is 6.28. The second kappa shape index (κ2) is 5.65. The van der Waals surface area contributed by atoms with Crippen LogP contribution in [0.15, 0.2) is 29.2 Å². The molecular formula is C13H14ClNO5S. The standard InChI is InChI=1S/C13H14ClNO5S/c14-9-1-3-10(4-2-9)21(19,20)8-7-15-11(16)13(5-6-13)12(17)18/h1-4H,5-8H2,(H,15,16)(H,17,18). The van der Waals surface area contributed by atoms with Crippen molar-refractivity contribution in [2.45, 2.75) is 17.7 Å². The fourth-order valence-electron chi connectivity index (χ4n) is 1.89. The first-order valence-corrected chi connectivity index (χ1v) is 8.31. The van der Waals surface area contributed by atoms with Crippen molar-refractivity contribution in [3.05, 3.63) is 29.3 Å². The second-order valence-electron chi connectivity index (χ2n) is 4.92. The van der Waals surface area contributed by atoms with E-state index < -0.39 is 27.1 Å². The third-order valence-corrected chi connectivity index (χ3v) is 5.41. The summed E-state index contributed by atoms with van der Waals surface area (Å²) >= 11 is 5.69. The van der Waals surface area contributed by atoms with Crippen molar-refractivity contribution in [2.24, 2.45) is 5.41 Å². The van der Waals surface area contributed by atoms with Crippen molar-refractivity contribution in [3.8, 4) is 0 Å². The molecule has 1 aliphatic rings. The van der Waals surface area contributed by atoms with Gasteiger partial charge in [-0.1, -0.05) is 11.6 Å². The number of hydrogen-bond acceptors (Lipinski definition) is 4. The molecule has 0 bridgehead atoms. The van der Waals surface area contributed by atoms with Crippen LogP contribution in [-0.4, -0.2) is 37.7 Å². The highest BCUT2D eigenvalue weighted by Gasteiger charge is 2.56. The SMILES string of the molecule is O=C(O)C1(C(=O)NCCS(=O)(=O)c2ccc(Cl)cc2)CC1. The molecule has 21 heavy (non-hydrogen) atoms. The van der Waals surface area contributed by atoms with Gasteiger partial charge in [-0.25, -0.2) is 8.42 Å². The normalized spacial score (nSPS) is 16.2. The largest absolute Gasteiger partial charge is 0.480 e.